The number of amides is 1. The molecule has 2 heterocycles. The summed E-state index contributed by atoms with van der Waals surface area (Å²) in [6.45, 7) is 8.59. The molecule has 0 unspecified atom stereocenters. The van der Waals surface area contributed by atoms with E-state index in [1.807, 2.05) is 13.8 Å². The number of hydrogen-bond donors (Lipinski definition) is 1. The van der Waals surface area contributed by atoms with E-state index in [2.05, 4.69) is 22.9 Å². The summed E-state index contributed by atoms with van der Waals surface area (Å²) >= 11 is 0. The summed E-state index contributed by atoms with van der Waals surface area (Å²) in [6, 6.07) is 10.0. The van der Waals surface area contributed by atoms with E-state index >= 15 is 0 Å². The number of hydrogen-bond acceptors (Lipinski definition) is 6. The van der Waals surface area contributed by atoms with Crippen LogP contribution in [0.1, 0.15) is 37.8 Å². The number of rotatable bonds is 6. The number of benzene rings is 2. The molecule has 0 radical (unpaired) electrons. The fraction of sp³-hybridized carbons (Fsp3) is 0.321. The van der Waals surface area contributed by atoms with Gasteiger partial charge in [-0.3, -0.25) is 9.78 Å². The third-order valence-corrected chi connectivity index (χ3v) is 5.98. The van der Waals surface area contributed by atoms with Crippen LogP contribution in [0.3, 0.4) is 0 Å². The number of anilines is 2. The topological polar surface area (TPSA) is 87.5 Å². The Balaban J connectivity index is 0.00000195. The van der Waals surface area contributed by atoms with Crippen LogP contribution in [0, 0.1) is 11.3 Å². The first-order chi connectivity index (χ1) is 18.2. The lowest BCUT2D eigenvalue weighted by Crippen LogP contribution is -2.41. The molecule has 1 saturated heterocycles. The Kier molecular flexibility index (Phi) is 9.18. The van der Waals surface area contributed by atoms with E-state index < -0.39 is 11.7 Å². The van der Waals surface area contributed by atoms with Crippen molar-refractivity contribution in [3.05, 3.63) is 66.4 Å². The Bertz CT molecular complexity index is 1330. The number of carbonyl (C=O) groups is 1. The number of nitriles is 1. The van der Waals surface area contributed by atoms with Crippen LogP contribution in [0.2, 0.25) is 0 Å². The van der Waals surface area contributed by atoms with Crippen molar-refractivity contribution in [1.29, 1.82) is 5.26 Å². The van der Waals surface area contributed by atoms with E-state index in [1.54, 1.807) is 17.0 Å². The second-order valence-corrected chi connectivity index (χ2v) is 8.23. The SMILES string of the molecule is C=CC(=O)N1CCC(Oc2cc3c(Nc4ccc(C(F)(F)F)cc4)c(C#N)cnc3cc2OC)CC1.CC. The number of pyridine rings is 1. The number of halogens is 3. The quantitative estimate of drug-likeness (QED) is 0.371. The van der Waals surface area contributed by atoms with E-state index in [0.717, 1.165) is 12.1 Å². The molecule has 1 amide bonds. The van der Waals surface area contributed by atoms with Gasteiger partial charge in [-0.25, -0.2) is 0 Å². The van der Waals surface area contributed by atoms with Gasteiger partial charge in [0.1, 0.15) is 12.2 Å². The van der Waals surface area contributed by atoms with Crippen molar-refractivity contribution >= 4 is 28.2 Å². The molecule has 0 aliphatic carbocycles. The van der Waals surface area contributed by atoms with Crippen LogP contribution < -0.4 is 14.8 Å². The number of methoxy groups -OCH3 is 1. The largest absolute Gasteiger partial charge is 0.493 e. The highest BCUT2D eigenvalue weighted by atomic mass is 19.4. The Morgan fingerprint density at radius 3 is 2.39 bits per heavy atom. The predicted molar refractivity (Wildman–Crippen MR) is 140 cm³/mol. The maximum atomic E-state index is 12.9. The number of aromatic nitrogens is 1. The highest BCUT2D eigenvalue weighted by Gasteiger charge is 2.30. The number of ether oxygens (including phenoxy) is 2. The van der Waals surface area contributed by atoms with E-state index in [1.165, 1.54) is 31.5 Å². The second kappa shape index (κ2) is 12.3. The van der Waals surface area contributed by atoms with Gasteiger partial charge in [0, 0.05) is 49.3 Å². The van der Waals surface area contributed by atoms with Gasteiger partial charge in [-0.15, -0.1) is 0 Å². The van der Waals surface area contributed by atoms with Crippen LogP contribution in [-0.2, 0) is 11.0 Å². The molecule has 7 nitrogen and oxygen atoms in total. The van der Waals surface area contributed by atoms with E-state index in [0.29, 0.717) is 59.7 Å². The van der Waals surface area contributed by atoms with Crippen LogP contribution in [-0.4, -0.2) is 42.1 Å². The summed E-state index contributed by atoms with van der Waals surface area (Å²) in [4.78, 5) is 17.9. The Morgan fingerprint density at radius 2 is 1.84 bits per heavy atom. The first kappa shape index (κ1) is 28.3. The lowest BCUT2D eigenvalue weighted by atomic mass is 10.1. The molecule has 0 bridgehead atoms. The highest BCUT2D eigenvalue weighted by molar-refractivity contribution is 5.97. The van der Waals surface area contributed by atoms with E-state index in [4.69, 9.17) is 9.47 Å². The van der Waals surface area contributed by atoms with Gasteiger partial charge in [-0.05, 0) is 36.4 Å². The summed E-state index contributed by atoms with van der Waals surface area (Å²) < 4.78 is 50.5. The number of piperidine rings is 1. The average molecular weight is 527 g/mol. The lowest BCUT2D eigenvalue weighted by Gasteiger charge is -2.31. The minimum Gasteiger partial charge on any atom is -0.493 e. The molecule has 2 aromatic carbocycles. The predicted octanol–water partition coefficient (Wildman–Crippen LogP) is 6.46. The molecule has 0 atom stereocenters. The molecule has 0 saturated carbocycles. The van der Waals surface area contributed by atoms with Crippen LogP contribution in [0.15, 0.2) is 55.3 Å². The molecule has 10 heteroatoms. The number of nitrogens with one attached hydrogen (secondary N) is 1. The molecule has 3 aromatic rings. The molecule has 1 fully saturated rings. The van der Waals surface area contributed by atoms with Crippen LogP contribution in [0.4, 0.5) is 24.5 Å². The number of fused-ring (bicyclic) bond motifs is 1. The minimum absolute atomic E-state index is 0.120. The Labute approximate surface area is 219 Å². The summed E-state index contributed by atoms with van der Waals surface area (Å²) in [6.07, 6.45) is -0.692. The number of likely N-dealkylation sites (tertiary alicyclic amines) is 1. The van der Waals surface area contributed by atoms with Crippen molar-refractivity contribution in [1.82, 2.24) is 9.88 Å². The van der Waals surface area contributed by atoms with Gasteiger partial charge in [-0.2, -0.15) is 18.4 Å². The molecule has 1 N–H and O–H groups in total. The van der Waals surface area contributed by atoms with Crippen LogP contribution >= 0.6 is 0 Å². The molecule has 0 spiro atoms. The molecule has 1 aliphatic rings. The monoisotopic (exact) mass is 526 g/mol. The standard InChI is InChI=1S/C26H23F3N4O3.C2H6/c1-3-24(34)33-10-8-19(9-11-33)36-23-12-20-21(13-22(23)35-2)31-15-16(14-30)25(20)32-18-6-4-17(5-7-18)26(27,28)29;1-2/h3-7,12-13,15,19H,1,8-11H2,2H3,(H,31,32);1-2H3. The summed E-state index contributed by atoms with van der Waals surface area (Å²) in [5.74, 6) is 0.765. The Morgan fingerprint density at radius 1 is 1.18 bits per heavy atom. The minimum atomic E-state index is -4.45. The smallest absolute Gasteiger partial charge is 0.416 e. The molecule has 38 heavy (non-hydrogen) atoms. The molecule has 4 rings (SSSR count). The second-order valence-electron chi connectivity index (χ2n) is 8.23. The molecular formula is C28H29F3N4O3. The average Bonchev–Trinajstić information content (AvgIpc) is 2.94. The van der Waals surface area contributed by atoms with Gasteiger partial charge >= 0.3 is 6.18 Å². The number of carbonyl (C=O) groups excluding carboxylic acids is 1. The van der Waals surface area contributed by atoms with Gasteiger partial charge in [0.25, 0.3) is 0 Å². The maximum absolute atomic E-state index is 12.9. The Hall–Kier alpha value is -4.26. The van der Waals surface area contributed by atoms with Crippen molar-refractivity contribution in [2.45, 2.75) is 39.0 Å². The third-order valence-electron chi connectivity index (χ3n) is 5.98. The van der Waals surface area contributed by atoms with E-state index in [-0.39, 0.29) is 17.6 Å². The van der Waals surface area contributed by atoms with Crippen LogP contribution in [0.25, 0.3) is 10.9 Å². The van der Waals surface area contributed by atoms with Gasteiger partial charge in [0.15, 0.2) is 11.5 Å². The zero-order valence-corrected chi connectivity index (χ0v) is 21.4. The molecule has 1 aromatic heterocycles. The molecule has 200 valence electrons. The molecular weight excluding hydrogens is 497 g/mol. The van der Waals surface area contributed by atoms with Crippen molar-refractivity contribution in [3.63, 3.8) is 0 Å². The first-order valence-electron chi connectivity index (χ1n) is 12.2. The zero-order chi connectivity index (χ0) is 27.9. The summed E-state index contributed by atoms with van der Waals surface area (Å²) in [7, 11) is 1.50. The highest BCUT2D eigenvalue weighted by Crippen LogP contribution is 2.38. The summed E-state index contributed by atoms with van der Waals surface area (Å²) in [5, 5.41) is 13.3. The van der Waals surface area contributed by atoms with Crippen molar-refractivity contribution in [3.8, 4) is 17.6 Å². The van der Waals surface area contributed by atoms with Gasteiger partial charge in [0.05, 0.1) is 29.4 Å². The normalized spacial score (nSPS) is 13.7. The number of alkyl halides is 3. The van der Waals surface area contributed by atoms with Gasteiger partial charge < -0.3 is 19.7 Å². The zero-order valence-electron chi connectivity index (χ0n) is 21.4. The fourth-order valence-electron chi connectivity index (χ4n) is 4.06. The fourth-order valence-corrected chi connectivity index (χ4v) is 4.06. The lowest BCUT2D eigenvalue weighted by molar-refractivity contribution is -0.137. The molecule has 1 aliphatic heterocycles. The van der Waals surface area contributed by atoms with Crippen LogP contribution in [0.5, 0.6) is 11.5 Å². The van der Waals surface area contributed by atoms with Gasteiger partial charge in [-0.1, -0.05) is 20.4 Å². The maximum Gasteiger partial charge on any atom is 0.416 e. The van der Waals surface area contributed by atoms with Crippen molar-refractivity contribution in [2.24, 2.45) is 0 Å². The van der Waals surface area contributed by atoms with Crippen molar-refractivity contribution < 1.29 is 27.4 Å². The number of nitrogens with zero attached hydrogens (tertiary/aromatic N) is 3. The van der Waals surface area contributed by atoms with E-state index in [9.17, 15) is 23.2 Å². The first-order valence-corrected chi connectivity index (χ1v) is 12.2. The van der Waals surface area contributed by atoms with Gasteiger partial charge in [0.2, 0.25) is 5.91 Å². The third kappa shape index (κ3) is 6.35. The van der Waals surface area contributed by atoms with Crippen molar-refractivity contribution in [2.75, 3.05) is 25.5 Å². The summed E-state index contributed by atoms with van der Waals surface area (Å²) in [5.41, 5.74) is 0.730.